The van der Waals surface area contributed by atoms with Gasteiger partial charge in [-0.05, 0) is 26.8 Å². The molecule has 2 atom stereocenters. The van der Waals surface area contributed by atoms with Crippen molar-refractivity contribution in [3.05, 3.63) is 18.0 Å². The van der Waals surface area contributed by atoms with Gasteiger partial charge in [0.15, 0.2) is 0 Å². The van der Waals surface area contributed by atoms with Gasteiger partial charge in [0.1, 0.15) is 0 Å². The zero-order valence-corrected chi connectivity index (χ0v) is 11.6. The predicted molar refractivity (Wildman–Crippen MR) is 71.8 cm³/mol. The van der Waals surface area contributed by atoms with Crippen LogP contribution in [-0.4, -0.2) is 34.3 Å². The first kappa shape index (κ1) is 14.2. The SMILES string of the molecule is CCCn1cc(C(CN)N(C)C(C)CC)cn1. The summed E-state index contributed by atoms with van der Waals surface area (Å²) in [6.45, 7) is 8.21. The molecule has 1 rings (SSSR count). The Morgan fingerprint density at radius 1 is 1.47 bits per heavy atom. The lowest BCUT2D eigenvalue weighted by molar-refractivity contribution is 0.184. The van der Waals surface area contributed by atoms with Gasteiger partial charge in [0.25, 0.3) is 0 Å². The van der Waals surface area contributed by atoms with Gasteiger partial charge in [-0.15, -0.1) is 0 Å². The lowest BCUT2D eigenvalue weighted by atomic mass is 10.1. The Balaban J connectivity index is 2.78. The maximum atomic E-state index is 5.90. The van der Waals surface area contributed by atoms with E-state index in [0.29, 0.717) is 12.6 Å². The first-order valence-electron chi connectivity index (χ1n) is 6.58. The van der Waals surface area contributed by atoms with Gasteiger partial charge in [0.05, 0.1) is 12.2 Å². The second kappa shape index (κ2) is 6.77. The molecule has 1 aromatic rings. The number of likely N-dealkylation sites (N-methyl/N-ethyl adjacent to an activating group) is 1. The van der Waals surface area contributed by atoms with Crippen molar-refractivity contribution in [3.63, 3.8) is 0 Å². The largest absolute Gasteiger partial charge is 0.329 e. The van der Waals surface area contributed by atoms with Crippen LogP contribution in [0.5, 0.6) is 0 Å². The van der Waals surface area contributed by atoms with Gasteiger partial charge in [0.2, 0.25) is 0 Å². The molecule has 2 unspecified atom stereocenters. The first-order valence-corrected chi connectivity index (χ1v) is 6.58. The Morgan fingerprint density at radius 2 is 2.18 bits per heavy atom. The summed E-state index contributed by atoms with van der Waals surface area (Å²) in [7, 11) is 2.14. The molecule has 0 aliphatic rings. The average Bonchev–Trinajstić information content (AvgIpc) is 2.78. The second-order valence-electron chi connectivity index (χ2n) is 4.71. The summed E-state index contributed by atoms with van der Waals surface area (Å²) in [5.41, 5.74) is 7.13. The van der Waals surface area contributed by atoms with Gasteiger partial charge < -0.3 is 5.73 Å². The summed E-state index contributed by atoms with van der Waals surface area (Å²) < 4.78 is 2.00. The molecule has 0 fully saturated rings. The number of nitrogens with zero attached hydrogens (tertiary/aromatic N) is 3. The number of nitrogens with two attached hydrogens (primary N) is 1. The van der Waals surface area contributed by atoms with Crippen molar-refractivity contribution in [1.29, 1.82) is 0 Å². The fraction of sp³-hybridized carbons (Fsp3) is 0.769. The van der Waals surface area contributed by atoms with E-state index >= 15 is 0 Å². The minimum absolute atomic E-state index is 0.274. The third-order valence-electron chi connectivity index (χ3n) is 3.49. The van der Waals surface area contributed by atoms with Gasteiger partial charge in [-0.2, -0.15) is 5.10 Å². The Bertz CT molecular complexity index is 321. The van der Waals surface area contributed by atoms with Gasteiger partial charge in [-0.25, -0.2) is 0 Å². The molecule has 0 bridgehead atoms. The van der Waals surface area contributed by atoms with Crippen LogP contribution >= 0.6 is 0 Å². The molecule has 4 nitrogen and oxygen atoms in total. The zero-order valence-electron chi connectivity index (χ0n) is 11.6. The van der Waals surface area contributed by atoms with Gasteiger partial charge in [-0.3, -0.25) is 9.58 Å². The van der Waals surface area contributed by atoms with Crippen molar-refractivity contribution in [2.24, 2.45) is 5.73 Å². The summed E-state index contributed by atoms with van der Waals surface area (Å²) in [6, 6.07) is 0.814. The fourth-order valence-electron chi connectivity index (χ4n) is 2.04. The third kappa shape index (κ3) is 3.54. The topological polar surface area (TPSA) is 47.1 Å². The third-order valence-corrected chi connectivity index (χ3v) is 3.49. The Labute approximate surface area is 105 Å². The van der Waals surface area contributed by atoms with Crippen LogP contribution in [0.2, 0.25) is 0 Å². The van der Waals surface area contributed by atoms with Crippen molar-refractivity contribution in [3.8, 4) is 0 Å². The molecule has 2 N–H and O–H groups in total. The first-order chi connectivity index (χ1) is 8.13. The summed E-state index contributed by atoms with van der Waals surface area (Å²) in [5, 5.41) is 4.38. The van der Waals surface area contributed by atoms with Crippen molar-refractivity contribution >= 4 is 0 Å². The molecule has 17 heavy (non-hydrogen) atoms. The van der Waals surface area contributed by atoms with Gasteiger partial charge in [-0.1, -0.05) is 13.8 Å². The molecule has 0 saturated carbocycles. The highest BCUT2D eigenvalue weighted by Gasteiger charge is 2.20. The molecular formula is C13H26N4. The molecular weight excluding hydrogens is 212 g/mol. The van der Waals surface area contributed by atoms with E-state index < -0.39 is 0 Å². The van der Waals surface area contributed by atoms with Crippen molar-refractivity contribution in [2.75, 3.05) is 13.6 Å². The van der Waals surface area contributed by atoms with Crippen molar-refractivity contribution in [1.82, 2.24) is 14.7 Å². The van der Waals surface area contributed by atoms with E-state index in [9.17, 15) is 0 Å². The Hall–Kier alpha value is -0.870. The molecule has 0 spiro atoms. The molecule has 1 heterocycles. The lowest BCUT2D eigenvalue weighted by Crippen LogP contribution is -2.36. The van der Waals surface area contributed by atoms with Crippen LogP contribution in [0.4, 0.5) is 0 Å². The van der Waals surface area contributed by atoms with E-state index in [1.54, 1.807) is 0 Å². The Kier molecular flexibility index (Phi) is 5.65. The van der Waals surface area contributed by atoms with Crippen molar-refractivity contribution in [2.45, 2.75) is 52.2 Å². The number of hydrogen-bond acceptors (Lipinski definition) is 3. The molecule has 0 aliphatic heterocycles. The second-order valence-corrected chi connectivity index (χ2v) is 4.71. The van der Waals surface area contributed by atoms with Crippen molar-refractivity contribution < 1.29 is 0 Å². The highest BCUT2D eigenvalue weighted by molar-refractivity contribution is 5.11. The minimum Gasteiger partial charge on any atom is -0.329 e. The number of hydrogen-bond donors (Lipinski definition) is 1. The van der Waals surface area contributed by atoms with Crippen LogP contribution in [0.25, 0.3) is 0 Å². The van der Waals surface area contributed by atoms with E-state index in [2.05, 4.69) is 44.0 Å². The smallest absolute Gasteiger partial charge is 0.0538 e. The minimum atomic E-state index is 0.274. The maximum absolute atomic E-state index is 5.90. The molecule has 0 amide bonds. The quantitative estimate of drug-likeness (QED) is 0.790. The van der Waals surface area contributed by atoms with E-state index in [-0.39, 0.29) is 6.04 Å². The van der Waals surface area contributed by atoms with E-state index in [4.69, 9.17) is 5.73 Å². The highest BCUT2D eigenvalue weighted by atomic mass is 15.3. The maximum Gasteiger partial charge on any atom is 0.0538 e. The number of rotatable bonds is 7. The monoisotopic (exact) mass is 238 g/mol. The van der Waals surface area contributed by atoms with Gasteiger partial charge in [0, 0.05) is 30.9 Å². The Morgan fingerprint density at radius 3 is 2.71 bits per heavy atom. The normalized spacial score (nSPS) is 15.2. The van der Waals surface area contributed by atoms with E-state index in [1.807, 2.05) is 10.9 Å². The molecule has 0 aliphatic carbocycles. The van der Waals surface area contributed by atoms with Crippen LogP contribution < -0.4 is 5.73 Å². The summed E-state index contributed by atoms with van der Waals surface area (Å²) in [6.07, 6.45) is 6.32. The van der Waals surface area contributed by atoms with Crippen LogP contribution in [-0.2, 0) is 6.54 Å². The molecule has 1 aromatic heterocycles. The summed E-state index contributed by atoms with van der Waals surface area (Å²) in [5.74, 6) is 0. The van der Waals surface area contributed by atoms with Crippen LogP contribution in [0.3, 0.4) is 0 Å². The highest BCUT2D eigenvalue weighted by Crippen LogP contribution is 2.20. The standard InChI is InChI=1S/C13H26N4/c1-5-7-17-10-12(9-15-17)13(8-14)16(4)11(3)6-2/h9-11,13H,5-8,14H2,1-4H3. The van der Waals surface area contributed by atoms with Gasteiger partial charge >= 0.3 is 0 Å². The molecule has 0 aromatic carbocycles. The summed E-state index contributed by atoms with van der Waals surface area (Å²) in [4.78, 5) is 2.34. The van der Waals surface area contributed by atoms with E-state index in [0.717, 1.165) is 19.4 Å². The number of aromatic nitrogens is 2. The van der Waals surface area contributed by atoms with Crippen LogP contribution in [0, 0.1) is 0 Å². The fourth-order valence-corrected chi connectivity index (χ4v) is 2.04. The molecule has 98 valence electrons. The lowest BCUT2D eigenvalue weighted by Gasteiger charge is -2.31. The van der Waals surface area contributed by atoms with E-state index in [1.165, 1.54) is 5.56 Å². The van der Waals surface area contributed by atoms with Crippen LogP contribution in [0.1, 0.15) is 45.2 Å². The molecule has 0 saturated heterocycles. The zero-order chi connectivity index (χ0) is 12.8. The van der Waals surface area contributed by atoms with Crippen LogP contribution in [0.15, 0.2) is 12.4 Å². The predicted octanol–water partition coefficient (Wildman–Crippen LogP) is 2.02. The molecule has 4 heteroatoms. The number of aryl methyl sites for hydroxylation is 1. The summed E-state index contributed by atoms with van der Waals surface area (Å²) >= 11 is 0. The average molecular weight is 238 g/mol. The molecule has 0 radical (unpaired) electrons.